The molecule has 4 aromatic rings. The van der Waals surface area contributed by atoms with E-state index < -0.39 is 0 Å². The number of methoxy groups -OCH3 is 1. The average molecular weight is 460 g/mol. The molecule has 0 spiro atoms. The highest BCUT2D eigenvalue weighted by atomic mass is 32.2. The third-order valence-electron chi connectivity index (χ3n) is 5.30. The van der Waals surface area contributed by atoms with Crippen molar-refractivity contribution in [3.8, 4) is 5.75 Å². The Bertz CT molecular complexity index is 1210. The molecule has 0 radical (unpaired) electrons. The minimum atomic E-state index is -0.223. The van der Waals surface area contributed by atoms with E-state index in [1.54, 1.807) is 25.1 Å². The first kappa shape index (κ1) is 20.6. The normalized spacial score (nSPS) is 17.9. The third kappa shape index (κ3) is 3.97. The monoisotopic (exact) mass is 459 g/mol. The van der Waals surface area contributed by atoms with E-state index in [-0.39, 0.29) is 12.1 Å². The molecule has 0 amide bonds. The molecule has 0 aliphatic carbocycles. The summed E-state index contributed by atoms with van der Waals surface area (Å²) in [4.78, 5) is 7.77. The van der Waals surface area contributed by atoms with Crippen LogP contribution < -0.4 is 15.0 Å². The zero-order valence-corrected chi connectivity index (χ0v) is 19.0. The second kappa shape index (κ2) is 9.06. The Hall–Kier alpha value is -3.29. The van der Waals surface area contributed by atoms with Gasteiger partial charge in [-0.1, -0.05) is 48.2 Å². The predicted molar refractivity (Wildman–Crippen MR) is 130 cm³/mol. The molecule has 3 heterocycles. The molecule has 32 heavy (non-hydrogen) atoms. The first-order valence-corrected chi connectivity index (χ1v) is 11.4. The van der Waals surface area contributed by atoms with E-state index in [1.165, 1.54) is 0 Å². The van der Waals surface area contributed by atoms with E-state index >= 15 is 0 Å². The molecule has 0 unspecified atom stereocenters. The van der Waals surface area contributed by atoms with Crippen molar-refractivity contribution in [2.45, 2.75) is 22.1 Å². The van der Waals surface area contributed by atoms with Crippen molar-refractivity contribution in [1.29, 1.82) is 0 Å². The predicted octanol–water partition coefficient (Wildman–Crippen LogP) is 6.01. The van der Waals surface area contributed by atoms with Crippen molar-refractivity contribution < 1.29 is 9.15 Å². The maximum absolute atomic E-state index is 6.35. The Morgan fingerprint density at radius 1 is 0.969 bits per heavy atom. The molecule has 0 bridgehead atoms. The molecule has 1 aliphatic rings. The summed E-state index contributed by atoms with van der Waals surface area (Å²) in [5, 5.41) is 4.87. The molecule has 7 heteroatoms. The SMILES string of the molecule is COc1ccccc1N1C(=S)N[C@@H](c2ccccn2)[C@H]1c1ccc(Sc2ccccc2)o1. The molecule has 0 saturated carbocycles. The fraction of sp³-hybridized carbons (Fsp3) is 0.120. The van der Waals surface area contributed by atoms with Gasteiger partial charge in [0.15, 0.2) is 10.2 Å². The van der Waals surface area contributed by atoms with Gasteiger partial charge in [-0.3, -0.25) is 4.98 Å². The van der Waals surface area contributed by atoms with Crippen molar-refractivity contribution in [2.75, 3.05) is 12.0 Å². The molecule has 1 fully saturated rings. The Morgan fingerprint density at radius 2 is 1.75 bits per heavy atom. The molecule has 5 nitrogen and oxygen atoms in total. The Morgan fingerprint density at radius 3 is 2.53 bits per heavy atom. The highest BCUT2D eigenvalue weighted by Crippen LogP contribution is 2.45. The minimum Gasteiger partial charge on any atom is -0.495 e. The van der Waals surface area contributed by atoms with Crippen molar-refractivity contribution in [3.05, 3.63) is 103 Å². The van der Waals surface area contributed by atoms with Crippen molar-refractivity contribution in [2.24, 2.45) is 0 Å². The highest BCUT2D eigenvalue weighted by Gasteiger charge is 2.43. The lowest BCUT2D eigenvalue weighted by atomic mass is 10.0. The van der Waals surface area contributed by atoms with E-state index in [0.29, 0.717) is 5.11 Å². The maximum Gasteiger partial charge on any atom is 0.174 e. The van der Waals surface area contributed by atoms with E-state index in [9.17, 15) is 0 Å². The summed E-state index contributed by atoms with van der Waals surface area (Å²) >= 11 is 7.37. The van der Waals surface area contributed by atoms with Gasteiger partial charge in [0.1, 0.15) is 17.6 Å². The summed E-state index contributed by atoms with van der Waals surface area (Å²) in [5.41, 5.74) is 1.77. The molecule has 1 N–H and O–H groups in total. The van der Waals surface area contributed by atoms with Crippen LogP contribution in [0.15, 0.2) is 106 Å². The number of hydrogen-bond donors (Lipinski definition) is 1. The van der Waals surface area contributed by atoms with Gasteiger partial charge < -0.3 is 19.4 Å². The van der Waals surface area contributed by atoms with Gasteiger partial charge in [0, 0.05) is 11.1 Å². The summed E-state index contributed by atoms with van der Waals surface area (Å²) in [7, 11) is 1.66. The van der Waals surface area contributed by atoms with E-state index in [2.05, 4.69) is 27.3 Å². The lowest BCUT2D eigenvalue weighted by Gasteiger charge is -2.27. The number of furan rings is 1. The van der Waals surface area contributed by atoms with Gasteiger partial charge in [0.25, 0.3) is 0 Å². The number of pyridine rings is 1. The van der Waals surface area contributed by atoms with Crippen LogP contribution in [0.5, 0.6) is 5.75 Å². The summed E-state index contributed by atoms with van der Waals surface area (Å²) in [5.74, 6) is 1.55. The molecular weight excluding hydrogens is 438 g/mol. The molecule has 1 saturated heterocycles. The van der Waals surface area contributed by atoms with Gasteiger partial charge in [0.05, 0.1) is 24.5 Å². The summed E-state index contributed by atoms with van der Waals surface area (Å²) in [6.45, 7) is 0. The quantitative estimate of drug-likeness (QED) is 0.354. The third-order valence-corrected chi connectivity index (χ3v) is 6.54. The smallest absolute Gasteiger partial charge is 0.174 e. The number of para-hydroxylation sites is 2. The summed E-state index contributed by atoms with van der Waals surface area (Å²) < 4.78 is 12.0. The standard InChI is InChI=1S/C25H21N3O2S2/c1-29-20-13-6-5-12-19(20)28-24(23(27-25(28)31)18-11-7-8-16-26-18)21-14-15-22(30-21)32-17-9-3-2-4-10-17/h2-16,23-24H,1H3,(H,27,31)/t23-,24+/m0/s1. The lowest BCUT2D eigenvalue weighted by Crippen LogP contribution is -2.29. The van der Waals surface area contributed by atoms with E-state index in [4.69, 9.17) is 21.4 Å². The van der Waals surface area contributed by atoms with Crippen molar-refractivity contribution in [1.82, 2.24) is 10.3 Å². The van der Waals surface area contributed by atoms with Gasteiger partial charge >= 0.3 is 0 Å². The molecule has 5 rings (SSSR count). The van der Waals surface area contributed by atoms with Crippen LogP contribution in [-0.4, -0.2) is 17.2 Å². The maximum atomic E-state index is 6.35. The lowest BCUT2D eigenvalue weighted by molar-refractivity contribution is 0.380. The molecule has 160 valence electrons. The Kier molecular flexibility index (Phi) is 5.83. The Balaban J connectivity index is 1.56. The topological polar surface area (TPSA) is 50.5 Å². The van der Waals surface area contributed by atoms with Crippen LogP contribution in [0.2, 0.25) is 0 Å². The number of hydrogen-bond acceptors (Lipinski definition) is 5. The number of anilines is 1. The van der Waals surface area contributed by atoms with Gasteiger partial charge in [-0.05, 0) is 60.7 Å². The Labute approximate surface area is 196 Å². The molecule has 2 aromatic heterocycles. The fourth-order valence-corrected chi connectivity index (χ4v) is 5.02. The zero-order chi connectivity index (χ0) is 21.9. The van der Waals surface area contributed by atoms with Gasteiger partial charge in [-0.15, -0.1) is 0 Å². The molecule has 2 aromatic carbocycles. The minimum absolute atomic E-state index is 0.172. The second-order valence-electron chi connectivity index (χ2n) is 7.24. The van der Waals surface area contributed by atoms with Crippen LogP contribution in [0.25, 0.3) is 0 Å². The van der Waals surface area contributed by atoms with Gasteiger partial charge in [-0.25, -0.2) is 0 Å². The van der Waals surface area contributed by atoms with Gasteiger partial charge in [0.2, 0.25) is 0 Å². The first-order chi connectivity index (χ1) is 15.7. The van der Waals surface area contributed by atoms with Crippen LogP contribution >= 0.6 is 24.0 Å². The van der Waals surface area contributed by atoms with Crippen molar-refractivity contribution >= 4 is 34.8 Å². The molecule has 1 aliphatic heterocycles. The number of aromatic nitrogens is 1. The van der Waals surface area contributed by atoms with Crippen LogP contribution in [0.3, 0.4) is 0 Å². The summed E-state index contributed by atoms with van der Waals surface area (Å²) in [6.07, 6.45) is 1.79. The summed E-state index contributed by atoms with van der Waals surface area (Å²) in [6, 6.07) is 27.6. The van der Waals surface area contributed by atoms with E-state index in [1.807, 2.05) is 72.8 Å². The number of nitrogens with one attached hydrogen (secondary N) is 1. The fourth-order valence-electron chi connectivity index (χ4n) is 3.88. The number of thiocarbonyl (C=S) groups is 1. The van der Waals surface area contributed by atoms with Crippen LogP contribution in [-0.2, 0) is 0 Å². The highest BCUT2D eigenvalue weighted by molar-refractivity contribution is 7.99. The molecular formula is C25H21N3O2S2. The largest absolute Gasteiger partial charge is 0.495 e. The zero-order valence-electron chi connectivity index (χ0n) is 17.3. The second-order valence-corrected chi connectivity index (χ2v) is 8.70. The first-order valence-electron chi connectivity index (χ1n) is 10.2. The number of ether oxygens (including phenoxy) is 1. The van der Waals surface area contributed by atoms with Crippen LogP contribution in [0.4, 0.5) is 5.69 Å². The number of rotatable bonds is 6. The average Bonchev–Trinajstić information content (AvgIpc) is 3.44. The van der Waals surface area contributed by atoms with Gasteiger partial charge in [-0.2, -0.15) is 0 Å². The number of nitrogens with zero attached hydrogens (tertiary/aromatic N) is 2. The number of benzene rings is 2. The van der Waals surface area contributed by atoms with Crippen LogP contribution in [0.1, 0.15) is 23.5 Å². The van der Waals surface area contributed by atoms with Crippen LogP contribution in [0, 0.1) is 0 Å². The molecule has 2 atom stereocenters. The van der Waals surface area contributed by atoms with Crippen molar-refractivity contribution in [3.63, 3.8) is 0 Å². The van der Waals surface area contributed by atoms with E-state index in [0.717, 1.165) is 32.9 Å².